The van der Waals surface area contributed by atoms with E-state index in [1.807, 2.05) is 44.2 Å². The van der Waals surface area contributed by atoms with Gasteiger partial charge in [-0.15, -0.1) is 0 Å². The highest BCUT2D eigenvalue weighted by Crippen LogP contribution is 2.31. The van der Waals surface area contributed by atoms with Gasteiger partial charge in [-0.25, -0.2) is 4.79 Å². The lowest BCUT2D eigenvalue weighted by Gasteiger charge is -2.28. The third-order valence-electron chi connectivity index (χ3n) is 5.03. The molecule has 0 saturated carbocycles. The van der Waals surface area contributed by atoms with E-state index in [0.29, 0.717) is 11.3 Å². The number of ether oxygens (including phenoxy) is 1. The van der Waals surface area contributed by atoms with Gasteiger partial charge in [0.15, 0.2) is 0 Å². The highest BCUT2D eigenvalue weighted by molar-refractivity contribution is 6.10. The second kappa shape index (κ2) is 7.95. The number of rotatable bonds is 6. The average Bonchev–Trinajstić information content (AvgIpc) is 2.92. The second-order valence-corrected chi connectivity index (χ2v) is 7.37. The number of benzene rings is 2. The maximum atomic E-state index is 13.1. The summed E-state index contributed by atoms with van der Waals surface area (Å²) in [6, 6.07) is 15.4. The van der Waals surface area contributed by atoms with Crippen LogP contribution in [0.5, 0.6) is 5.75 Å². The normalized spacial score (nSPS) is 18.7. The lowest BCUT2D eigenvalue weighted by atomic mass is 9.92. The number of urea groups is 1. The molecule has 3 rings (SSSR count). The summed E-state index contributed by atoms with van der Waals surface area (Å²) in [7, 11) is 1.53. The third kappa shape index (κ3) is 3.81. The molecule has 7 nitrogen and oxygen atoms in total. The van der Waals surface area contributed by atoms with Crippen LogP contribution in [0.1, 0.15) is 26.3 Å². The van der Waals surface area contributed by atoms with Crippen LogP contribution in [-0.4, -0.2) is 42.4 Å². The van der Waals surface area contributed by atoms with Crippen LogP contribution in [-0.2, 0) is 15.1 Å². The second-order valence-electron chi connectivity index (χ2n) is 7.37. The lowest BCUT2D eigenvalue weighted by molar-refractivity contribution is -0.134. The van der Waals surface area contributed by atoms with Gasteiger partial charge >= 0.3 is 6.03 Å². The summed E-state index contributed by atoms with van der Waals surface area (Å²) in [6.07, 6.45) is 0. The molecule has 1 aliphatic heterocycles. The Labute approximate surface area is 170 Å². The Morgan fingerprint density at radius 1 is 1.14 bits per heavy atom. The number of nitrogens with zero attached hydrogens (tertiary/aromatic N) is 2. The summed E-state index contributed by atoms with van der Waals surface area (Å²) in [6.45, 7) is 5.06. The first kappa shape index (κ1) is 20.4. The molecule has 1 atom stereocenters. The molecular weight excluding hydrogens is 370 g/mol. The van der Waals surface area contributed by atoms with Crippen molar-refractivity contribution in [3.8, 4) is 5.75 Å². The molecule has 0 spiro atoms. The minimum absolute atomic E-state index is 0.129. The topological polar surface area (TPSA) is 79.0 Å². The molecule has 1 N–H and O–H groups in total. The SMILES string of the molecule is COc1cccc([C@@]2(C)NC(=O)N(CC(=O)N(c3ccccc3)C(C)C)C2=O)c1. The van der Waals surface area contributed by atoms with Gasteiger partial charge in [0.1, 0.15) is 17.8 Å². The van der Waals surface area contributed by atoms with Crippen molar-refractivity contribution in [3.63, 3.8) is 0 Å². The zero-order valence-electron chi connectivity index (χ0n) is 17.0. The molecule has 1 aliphatic rings. The van der Waals surface area contributed by atoms with Gasteiger partial charge < -0.3 is 15.0 Å². The van der Waals surface area contributed by atoms with E-state index in [1.165, 1.54) is 7.11 Å². The predicted octanol–water partition coefficient (Wildman–Crippen LogP) is 2.90. The van der Waals surface area contributed by atoms with Gasteiger partial charge in [0.25, 0.3) is 5.91 Å². The molecule has 2 aromatic rings. The maximum absolute atomic E-state index is 13.1. The Balaban J connectivity index is 1.85. The number of methoxy groups -OCH3 is 1. The highest BCUT2D eigenvalue weighted by atomic mass is 16.5. The zero-order valence-corrected chi connectivity index (χ0v) is 17.0. The number of imide groups is 1. The quantitative estimate of drug-likeness (QED) is 0.763. The van der Waals surface area contributed by atoms with E-state index in [9.17, 15) is 14.4 Å². The van der Waals surface area contributed by atoms with Gasteiger partial charge in [0.05, 0.1) is 7.11 Å². The van der Waals surface area contributed by atoms with E-state index in [0.717, 1.165) is 10.6 Å². The van der Waals surface area contributed by atoms with Crippen molar-refractivity contribution in [2.45, 2.75) is 32.4 Å². The van der Waals surface area contributed by atoms with Gasteiger partial charge in [-0.2, -0.15) is 0 Å². The minimum Gasteiger partial charge on any atom is -0.497 e. The van der Waals surface area contributed by atoms with Crippen LogP contribution < -0.4 is 15.0 Å². The molecule has 152 valence electrons. The Morgan fingerprint density at radius 2 is 1.83 bits per heavy atom. The molecule has 1 fully saturated rings. The van der Waals surface area contributed by atoms with Gasteiger partial charge in [-0.1, -0.05) is 30.3 Å². The lowest BCUT2D eigenvalue weighted by Crippen LogP contribution is -2.46. The first-order valence-corrected chi connectivity index (χ1v) is 9.43. The molecule has 29 heavy (non-hydrogen) atoms. The van der Waals surface area contributed by atoms with E-state index in [-0.39, 0.29) is 18.5 Å². The van der Waals surface area contributed by atoms with Crippen molar-refractivity contribution in [2.75, 3.05) is 18.6 Å². The Hall–Kier alpha value is -3.35. The summed E-state index contributed by atoms with van der Waals surface area (Å²) < 4.78 is 5.22. The summed E-state index contributed by atoms with van der Waals surface area (Å²) in [5.74, 6) is -0.221. The van der Waals surface area contributed by atoms with Crippen molar-refractivity contribution in [3.05, 3.63) is 60.2 Å². The van der Waals surface area contributed by atoms with Crippen molar-refractivity contribution < 1.29 is 19.1 Å². The van der Waals surface area contributed by atoms with E-state index < -0.39 is 17.5 Å². The summed E-state index contributed by atoms with van der Waals surface area (Å²) in [5, 5.41) is 2.72. The first-order valence-electron chi connectivity index (χ1n) is 9.43. The van der Waals surface area contributed by atoms with Crippen LogP contribution in [0.4, 0.5) is 10.5 Å². The molecule has 0 aromatic heterocycles. The van der Waals surface area contributed by atoms with Gasteiger partial charge in [-0.3, -0.25) is 14.5 Å². The van der Waals surface area contributed by atoms with E-state index in [2.05, 4.69) is 5.32 Å². The number of amides is 4. The Kier molecular flexibility index (Phi) is 5.59. The average molecular weight is 395 g/mol. The van der Waals surface area contributed by atoms with Crippen LogP contribution in [0.2, 0.25) is 0 Å². The van der Waals surface area contributed by atoms with Crippen molar-refractivity contribution in [1.82, 2.24) is 10.2 Å². The first-order chi connectivity index (χ1) is 13.8. The molecule has 0 aliphatic carbocycles. The monoisotopic (exact) mass is 395 g/mol. The van der Waals surface area contributed by atoms with E-state index in [1.54, 1.807) is 36.1 Å². The molecule has 7 heteroatoms. The van der Waals surface area contributed by atoms with Crippen molar-refractivity contribution in [2.24, 2.45) is 0 Å². The fourth-order valence-corrected chi connectivity index (χ4v) is 3.50. The smallest absolute Gasteiger partial charge is 0.325 e. The highest BCUT2D eigenvalue weighted by Gasteiger charge is 2.50. The van der Waals surface area contributed by atoms with Crippen LogP contribution in [0.3, 0.4) is 0 Å². The maximum Gasteiger partial charge on any atom is 0.325 e. The third-order valence-corrected chi connectivity index (χ3v) is 5.03. The van der Waals surface area contributed by atoms with E-state index in [4.69, 9.17) is 4.74 Å². The van der Waals surface area contributed by atoms with E-state index >= 15 is 0 Å². The summed E-state index contributed by atoms with van der Waals surface area (Å²) in [4.78, 5) is 41.3. The largest absolute Gasteiger partial charge is 0.497 e. The van der Waals surface area contributed by atoms with Crippen LogP contribution in [0.25, 0.3) is 0 Å². The number of hydrogen-bond acceptors (Lipinski definition) is 4. The van der Waals surface area contributed by atoms with Crippen molar-refractivity contribution in [1.29, 1.82) is 0 Å². The number of para-hydroxylation sites is 1. The molecule has 4 amide bonds. The molecule has 0 unspecified atom stereocenters. The summed E-state index contributed by atoms with van der Waals surface area (Å²) >= 11 is 0. The van der Waals surface area contributed by atoms with Crippen LogP contribution >= 0.6 is 0 Å². The van der Waals surface area contributed by atoms with Gasteiger partial charge in [0, 0.05) is 11.7 Å². The fraction of sp³-hybridized carbons (Fsp3) is 0.318. The standard InChI is InChI=1S/C22H25N3O4/c1-15(2)25(17-10-6-5-7-11-17)19(26)14-24-20(27)22(3,23-21(24)28)16-9-8-12-18(13-16)29-4/h5-13,15H,14H2,1-4H3,(H,23,28)/t22-/m1/s1. The predicted molar refractivity (Wildman–Crippen MR) is 110 cm³/mol. The molecular formula is C22H25N3O4. The zero-order chi connectivity index (χ0) is 21.2. The molecule has 2 aromatic carbocycles. The number of anilines is 1. The van der Waals surface area contributed by atoms with Gasteiger partial charge in [0.2, 0.25) is 5.91 Å². The minimum atomic E-state index is -1.26. The number of nitrogens with one attached hydrogen (secondary N) is 1. The summed E-state index contributed by atoms with van der Waals surface area (Å²) in [5.41, 5.74) is 0.0467. The fourth-order valence-electron chi connectivity index (χ4n) is 3.50. The molecule has 0 bridgehead atoms. The number of carbonyl (C=O) groups is 3. The number of hydrogen-bond donors (Lipinski definition) is 1. The van der Waals surface area contributed by atoms with Crippen LogP contribution in [0.15, 0.2) is 54.6 Å². The molecule has 0 radical (unpaired) electrons. The Morgan fingerprint density at radius 3 is 2.45 bits per heavy atom. The van der Waals surface area contributed by atoms with Crippen LogP contribution in [0, 0.1) is 0 Å². The molecule has 1 saturated heterocycles. The van der Waals surface area contributed by atoms with Crippen molar-refractivity contribution >= 4 is 23.5 Å². The van der Waals surface area contributed by atoms with Gasteiger partial charge in [-0.05, 0) is 50.6 Å². The Bertz CT molecular complexity index is 929. The molecule has 1 heterocycles. The number of carbonyl (C=O) groups excluding carboxylic acids is 3.